The topological polar surface area (TPSA) is 46.1 Å². The van der Waals surface area contributed by atoms with Gasteiger partial charge in [0.1, 0.15) is 0 Å². The third-order valence-corrected chi connectivity index (χ3v) is 6.10. The van der Waals surface area contributed by atoms with Crippen molar-refractivity contribution in [3.8, 4) is 0 Å². The Labute approximate surface area is 176 Å². The highest BCUT2D eigenvalue weighted by Gasteiger charge is 2.22. The average Bonchev–Trinajstić information content (AvgIpc) is 3.05. The standard InChI is InChI=1S/C19H17Cl2N3OS2/c1-11-6-12(2)18(16(21)7-11)24(13(3)25)19-23-15(10-27-19)9-26-17-5-4-14(20)8-22-17/h4-8,10H,9H2,1-3H3. The average molecular weight is 438 g/mol. The summed E-state index contributed by atoms with van der Waals surface area (Å²) in [5.74, 6) is 0.522. The summed E-state index contributed by atoms with van der Waals surface area (Å²) in [6.07, 6.45) is 1.62. The Morgan fingerprint density at radius 3 is 2.67 bits per heavy atom. The fourth-order valence-corrected chi connectivity index (χ4v) is 4.87. The molecular weight excluding hydrogens is 421 g/mol. The van der Waals surface area contributed by atoms with E-state index in [0.29, 0.717) is 26.6 Å². The van der Waals surface area contributed by atoms with E-state index >= 15 is 0 Å². The summed E-state index contributed by atoms with van der Waals surface area (Å²) in [4.78, 5) is 22.8. The Bertz CT molecular complexity index is 950. The van der Waals surface area contributed by atoms with Gasteiger partial charge in [0.2, 0.25) is 5.91 Å². The van der Waals surface area contributed by atoms with E-state index in [9.17, 15) is 4.79 Å². The lowest BCUT2D eigenvalue weighted by molar-refractivity contribution is -0.115. The first-order chi connectivity index (χ1) is 12.8. The zero-order valence-corrected chi connectivity index (χ0v) is 18.1. The van der Waals surface area contributed by atoms with E-state index in [-0.39, 0.29) is 5.91 Å². The Balaban J connectivity index is 1.84. The van der Waals surface area contributed by atoms with Crippen molar-refractivity contribution in [1.29, 1.82) is 0 Å². The van der Waals surface area contributed by atoms with Gasteiger partial charge in [0.05, 0.1) is 26.5 Å². The summed E-state index contributed by atoms with van der Waals surface area (Å²) in [5.41, 5.74) is 3.55. The predicted octanol–water partition coefficient (Wildman–Crippen LogP) is 6.44. The molecule has 27 heavy (non-hydrogen) atoms. The minimum Gasteiger partial charge on any atom is -0.274 e. The van der Waals surface area contributed by atoms with Crippen molar-refractivity contribution in [3.05, 3.63) is 62.7 Å². The van der Waals surface area contributed by atoms with Crippen LogP contribution >= 0.6 is 46.3 Å². The van der Waals surface area contributed by atoms with Gasteiger partial charge < -0.3 is 0 Å². The van der Waals surface area contributed by atoms with Crippen LogP contribution in [0.2, 0.25) is 10.0 Å². The van der Waals surface area contributed by atoms with Gasteiger partial charge in [0.15, 0.2) is 5.13 Å². The number of pyridine rings is 1. The quantitative estimate of drug-likeness (QED) is 0.430. The van der Waals surface area contributed by atoms with Crippen LogP contribution in [-0.4, -0.2) is 15.9 Å². The third-order valence-electron chi connectivity index (χ3n) is 3.74. The van der Waals surface area contributed by atoms with Gasteiger partial charge in [-0.15, -0.1) is 23.1 Å². The highest BCUT2D eigenvalue weighted by atomic mass is 35.5. The first-order valence-electron chi connectivity index (χ1n) is 8.11. The maximum atomic E-state index is 12.4. The third kappa shape index (κ3) is 4.82. The van der Waals surface area contributed by atoms with Gasteiger partial charge in [-0.25, -0.2) is 9.97 Å². The molecular formula is C19H17Cl2N3OS2. The maximum absolute atomic E-state index is 12.4. The molecule has 0 aliphatic rings. The number of carbonyl (C=O) groups is 1. The summed E-state index contributed by atoms with van der Waals surface area (Å²) in [6, 6.07) is 7.55. The van der Waals surface area contributed by atoms with E-state index in [0.717, 1.165) is 21.8 Å². The van der Waals surface area contributed by atoms with Crippen LogP contribution in [0.4, 0.5) is 10.8 Å². The van der Waals surface area contributed by atoms with Crippen molar-refractivity contribution in [2.24, 2.45) is 0 Å². The van der Waals surface area contributed by atoms with Crippen LogP contribution in [0.15, 0.2) is 40.9 Å². The number of rotatable bonds is 5. The Morgan fingerprint density at radius 1 is 1.26 bits per heavy atom. The number of carbonyl (C=O) groups excluding carboxylic acids is 1. The number of nitrogens with zero attached hydrogens (tertiary/aromatic N) is 3. The summed E-state index contributed by atoms with van der Waals surface area (Å²) < 4.78 is 0. The summed E-state index contributed by atoms with van der Waals surface area (Å²) in [5, 5.41) is 4.58. The molecule has 0 N–H and O–H groups in total. The van der Waals surface area contributed by atoms with Gasteiger partial charge in [0.25, 0.3) is 0 Å². The van der Waals surface area contributed by atoms with Crippen LogP contribution in [0.3, 0.4) is 0 Å². The smallest absolute Gasteiger partial charge is 0.230 e. The monoisotopic (exact) mass is 437 g/mol. The summed E-state index contributed by atoms with van der Waals surface area (Å²) >= 11 is 15.3. The molecule has 0 saturated heterocycles. The minimum atomic E-state index is -0.128. The normalized spacial score (nSPS) is 10.9. The van der Waals surface area contributed by atoms with Crippen LogP contribution in [0.25, 0.3) is 0 Å². The van der Waals surface area contributed by atoms with E-state index in [4.69, 9.17) is 23.2 Å². The van der Waals surface area contributed by atoms with Crippen LogP contribution < -0.4 is 4.90 Å². The second kappa shape index (κ2) is 8.61. The molecule has 0 atom stereocenters. The number of thioether (sulfide) groups is 1. The van der Waals surface area contributed by atoms with Crippen LogP contribution in [0, 0.1) is 13.8 Å². The molecule has 0 unspecified atom stereocenters. The molecule has 8 heteroatoms. The molecule has 1 aromatic carbocycles. The lowest BCUT2D eigenvalue weighted by Gasteiger charge is -2.22. The van der Waals surface area contributed by atoms with Crippen molar-refractivity contribution in [2.75, 3.05) is 4.90 Å². The number of benzene rings is 1. The molecule has 2 heterocycles. The molecule has 0 radical (unpaired) electrons. The van der Waals surface area contributed by atoms with Crippen molar-refractivity contribution in [2.45, 2.75) is 31.6 Å². The molecule has 0 bridgehead atoms. The van der Waals surface area contributed by atoms with E-state index < -0.39 is 0 Å². The molecule has 4 nitrogen and oxygen atoms in total. The van der Waals surface area contributed by atoms with Gasteiger partial charge in [-0.1, -0.05) is 29.3 Å². The lowest BCUT2D eigenvalue weighted by atomic mass is 10.1. The van der Waals surface area contributed by atoms with Crippen molar-refractivity contribution in [1.82, 2.24) is 9.97 Å². The largest absolute Gasteiger partial charge is 0.274 e. The molecule has 3 rings (SSSR count). The zero-order chi connectivity index (χ0) is 19.6. The van der Waals surface area contributed by atoms with Crippen molar-refractivity contribution < 1.29 is 4.79 Å². The Morgan fingerprint density at radius 2 is 2.04 bits per heavy atom. The number of hydrogen-bond donors (Lipinski definition) is 0. The zero-order valence-electron chi connectivity index (χ0n) is 15.0. The number of amides is 1. The number of halogens is 2. The van der Waals surface area contributed by atoms with E-state index in [1.807, 2.05) is 43.5 Å². The first-order valence-corrected chi connectivity index (χ1v) is 10.7. The summed E-state index contributed by atoms with van der Waals surface area (Å²) in [6.45, 7) is 5.44. The molecule has 0 saturated carbocycles. The fraction of sp³-hybridized carbons (Fsp3) is 0.211. The van der Waals surface area contributed by atoms with Crippen LogP contribution in [-0.2, 0) is 10.5 Å². The van der Waals surface area contributed by atoms with Gasteiger partial charge in [0, 0.05) is 24.3 Å². The SMILES string of the molecule is CC(=O)N(c1nc(CSc2ccc(Cl)cn2)cs1)c1c(C)cc(C)cc1Cl. The number of anilines is 2. The summed E-state index contributed by atoms with van der Waals surface area (Å²) in [7, 11) is 0. The Kier molecular flexibility index (Phi) is 6.42. The van der Waals surface area contributed by atoms with Crippen LogP contribution in [0.5, 0.6) is 0 Å². The molecule has 0 spiro atoms. The number of aryl methyl sites for hydroxylation is 2. The molecule has 1 amide bonds. The van der Waals surface area contributed by atoms with Gasteiger partial charge in [-0.3, -0.25) is 9.69 Å². The number of aromatic nitrogens is 2. The minimum absolute atomic E-state index is 0.128. The fourth-order valence-electron chi connectivity index (χ4n) is 2.64. The maximum Gasteiger partial charge on any atom is 0.230 e. The van der Waals surface area contributed by atoms with Gasteiger partial charge >= 0.3 is 0 Å². The van der Waals surface area contributed by atoms with Gasteiger partial charge in [-0.05, 0) is 43.2 Å². The molecule has 0 aliphatic carbocycles. The molecule has 140 valence electrons. The second-order valence-electron chi connectivity index (χ2n) is 5.99. The molecule has 3 aromatic rings. The highest BCUT2D eigenvalue weighted by Crippen LogP contribution is 2.38. The molecule has 2 aromatic heterocycles. The predicted molar refractivity (Wildman–Crippen MR) is 115 cm³/mol. The molecule has 0 aliphatic heterocycles. The van der Waals surface area contributed by atoms with E-state index in [1.165, 1.54) is 18.3 Å². The second-order valence-corrected chi connectivity index (χ2v) is 8.67. The van der Waals surface area contributed by atoms with Crippen molar-refractivity contribution >= 4 is 63.0 Å². The highest BCUT2D eigenvalue weighted by molar-refractivity contribution is 7.98. The first kappa shape index (κ1) is 20.1. The molecule has 0 fully saturated rings. The Hall–Kier alpha value is -1.60. The number of hydrogen-bond acceptors (Lipinski definition) is 5. The van der Waals surface area contributed by atoms with E-state index in [1.54, 1.807) is 22.9 Å². The van der Waals surface area contributed by atoms with E-state index in [2.05, 4.69) is 9.97 Å². The van der Waals surface area contributed by atoms with Crippen LogP contribution in [0.1, 0.15) is 23.7 Å². The number of thiazole rings is 1. The van der Waals surface area contributed by atoms with Gasteiger partial charge in [-0.2, -0.15) is 0 Å². The lowest BCUT2D eigenvalue weighted by Crippen LogP contribution is -2.24. The van der Waals surface area contributed by atoms with Crippen molar-refractivity contribution in [3.63, 3.8) is 0 Å².